The monoisotopic (exact) mass is 275 g/mol. The summed E-state index contributed by atoms with van der Waals surface area (Å²) >= 11 is 1.57. The molecule has 1 aliphatic rings. The zero-order valence-electron chi connectivity index (χ0n) is 9.95. The van der Waals surface area contributed by atoms with Crippen molar-refractivity contribution in [3.8, 4) is 0 Å². The first-order chi connectivity index (χ1) is 9.16. The summed E-state index contributed by atoms with van der Waals surface area (Å²) in [6, 6.07) is 0. The summed E-state index contributed by atoms with van der Waals surface area (Å²) in [7, 11) is 1.39. The Balaban J connectivity index is 2.26. The number of hydrogen-bond acceptors (Lipinski definition) is 6. The van der Waals surface area contributed by atoms with Crippen LogP contribution in [0.25, 0.3) is 16.1 Å². The lowest BCUT2D eigenvalue weighted by molar-refractivity contribution is 0.779. The minimum absolute atomic E-state index is 0.105. The molecule has 3 rings (SSSR count). The van der Waals surface area contributed by atoms with Crippen molar-refractivity contribution in [2.45, 2.75) is 0 Å². The van der Waals surface area contributed by atoms with Gasteiger partial charge in [0.2, 0.25) is 0 Å². The maximum Gasteiger partial charge on any atom is 0.329 e. The normalized spacial score (nSPS) is 14.7. The molecule has 0 aliphatic carbocycles. The number of aromatic nitrogens is 5. The summed E-state index contributed by atoms with van der Waals surface area (Å²) in [6.45, 7) is 0. The van der Waals surface area contributed by atoms with Crippen LogP contribution in [0.4, 0.5) is 0 Å². The summed E-state index contributed by atoms with van der Waals surface area (Å²) in [5, 5.41) is 7.80. The van der Waals surface area contributed by atoms with E-state index in [0.29, 0.717) is 5.82 Å². The van der Waals surface area contributed by atoms with Crippen LogP contribution >= 0.6 is 11.8 Å². The molecular formula is C11H9N5O2S. The van der Waals surface area contributed by atoms with Gasteiger partial charge >= 0.3 is 5.69 Å². The summed E-state index contributed by atoms with van der Waals surface area (Å²) in [6.07, 6.45) is 5.79. The minimum atomic E-state index is -0.532. The first kappa shape index (κ1) is 11.8. The van der Waals surface area contributed by atoms with Gasteiger partial charge in [0.05, 0.1) is 4.91 Å². The lowest BCUT2D eigenvalue weighted by Crippen LogP contribution is -2.33. The molecule has 7 nitrogen and oxygen atoms in total. The molecule has 0 atom stereocenters. The smallest absolute Gasteiger partial charge is 0.288 e. The number of aromatic amines is 1. The number of fused-ring (bicyclic) bond motifs is 1. The fourth-order valence-corrected chi connectivity index (χ4v) is 2.41. The predicted octanol–water partition coefficient (Wildman–Crippen LogP) is 0.0557. The molecule has 0 fully saturated rings. The van der Waals surface area contributed by atoms with Crippen LogP contribution in [-0.4, -0.2) is 30.5 Å². The van der Waals surface area contributed by atoms with E-state index >= 15 is 0 Å². The van der Waals surface area contributed by atoms with Gasteiger partial charge in [-0.05, 0) is 6.08 Å². The number of H-pyrrole nitrogens is 1. The van der Waals surface area contributed by atoms with Gasteiger partial charge in [-0.3, -0.25) is 14.3 Å². The van der Waals surface area contributed by atoms with Crippen LogP contribution in [0.1, 0.15) is 5.82 Å². The van der Waals surface area contributed by atoms with Crippen LogP contribution in [0.5, 0.6) is 0 Å². The van der Waals surface area contributed by atoms with Gasteiger partial charge in [0.25, 0.3) is 5.56 Å². The molecule has 1 aliphatic heterocycles. The van der Waals surface area contributed by atoms with Crippen LogP contribution < -0.4 is 11.2 Å². The van der Waals surface area contributed by atoms with Gasteiger partial charge < -0.3 is 0 Å². The van der Waals surface area contributed by atoms with E-state index in [1.807, 2.05) is 18.2 Å². The predicted molar refractivity (Wildman–Crippen MR) is 72.8 cm³/mol. The quantitative estimate of drug-likeness (QED) is 0.790. The first-order valence-corrected chi connectivity index (χ1v) is 6.49. The molecule has 0 spiro atoms. The average molecular weight is 275 g/mol. The Bertz CT molecular complexity index is 833. The van der Waals surface area contributed by atoms with E-state index in [-0.39, 0.29) is 11.2 Å². The molecule has 1 N–H and O–H groups in total. The van der Waals surface area contributed by atoms with Crippen molar-refractivity contribution in [1.82, 2.24) is 24.7 Å². The van der Waals surface area contributed by atoms with E-state index in [9.17, 15) is 9.59 Å². The van der Waals surface area contributed by atoms with Crippen LogP contribution in [0.2, 0.25) is 0 Å². The van der Waals surface area contributed by atoms with Crippen molar-refractivity contribution in [3.05, 3.63) is 44.9 Å². The number of nitrogens with one attached hydrogen (secondary N) is 1. The molecule has 0 unspecified atom stereocenters. The van der Waals surface area contributed by atoms with Gasteiger partial charge in [-0.1, -0.05) is 12.2 Å². The third-order valence-corrected chi connectivity index (χ3v) is 3.65. The fraction of sp³-hybridized carbons (Fsp3) is 0.182. The first-order valence-electron chi connectivity index (χ1n) is 5.50. The summed E-state index contributed by atoms with van der Waals surface area (Å²) in [5.74, 6) is 1.22. The number of thioether (sulfide) groups is 1. The minimum Gasteiger partial charge on any atom is -0.288 e. The molecule has 0 radical (unpaired) electrons. The molecule has 8 heteroatoms. The van der Waals surface area contributed by atoms with Crippen molar-refractivity contribution in [2.24, 2.45) is 7.05 Å². The van der Waals surface area contributed by atoms with Gasteiger partial charge in [0.15, 0.2) is 17.0 Å². The van der Waals surface area contributed by atoms with E-state index in [0.717, 1.165) is 15.2 Å². The Morgan fingerprint density at radius 2 is 2.21 bits per heavy atom. The van der Waals surface area contributed by atoms with Gasteiger partial charge in [-0.2, -0.15) is 0 Å². The number of nitrogens with zero attached hydrogens (tertiary/aromatic N) is 4. The zero-order chi connectivity index (χ0) is 13.4. The van der Waals surface area contributed by atoms with Crippen LogP contribution in [0, 0.1) is 0 Å². The van der Waals surface area contributed by atoms with Crippen molar-refractivity contribution >= 4 is 27.8 Å². The highest BCUT2D eigenvalue weighted by atomic mass is 32.2. The van der Waals surface area contributed by atoms with Gasteiger partial charge in [-0.15, -0.1) is 22.0 Å². The zero-order valence-corrected chi connectivity index (χ0v) is 10.8. The SMILES string of the molecule is Cn1c(=O)[nH]c2nnc(C3=CC=CCS3)nc2c1=O. The molecule has 3 heterocycles. The van der Waals surface area contributed by atoms with E-state index in [1.165, 1.54) is 7.05 Å². The third kappa shape index (κ3) is 1.99. The second kappa shape index (κ2) is 4.47. The second-order valence-electron chi connectivity index (χ2n) is 3.90. The molecule has 0 amide bonds. The summed E-state index contributed by atoms with van der Waals surface area (Å²) < 4.78 is 0.961. The molecule has 0 bridgehead atoms. The van der Waals surface area contributed by atoms with Crippen LogP contribution in [0.3, 0.4) is 0 Å². The Labute approximate surface area is 111 Å². The van der Waals surface area contributed by atoms with E-state index in [1.54, 1.807) is 11.8 Å². The van der Waals surface area contributed by atoms with Crippen molar-refractivity contribution in [1.29, 1.82) is 0 Å². The van der Waals surface area contributed by atoms with Gasteiger partial charge in [0, 0.05) is 12.8 Å². The van der Waals surface area contributed by atoms with Gasteiger partial charge in [0.1, 0.15) is 0 Å². The largest absolute Gasteiger partial charge is 0.329 e. The van der Waals surface area contributed by atoms with Crippen LogP contribution in [0.15, 0.2) is 27.8 Å². The molecule has 0 aromatic carbocycles. The Kier molecular flexibility index (Phi) is 2.79. The van der Waals surface area contributed by atoms with E-state index in [4.69, 9.17) is 0 Å². The van der Waals surface area contributed by atoms with Crippen LogP contribution in [-0.2, 0) is 7.05 Å². The lowest BCUT2D eigenvalue weighted by Gasteiger charge is -2.06. The van der Waals surface area contributed by atoms with Gasteiger partial charge in [-0.25, -0.2) is 9.78 Å². The highest BCUT2D eigenvalue weighted by Crippen LogP contribution is 2.27. The molecule has 2 aromatic heterocycles. The molecular weight excluding hydrogens is 266 g/mol. The topological polar surface area (TPSA) is 93.5 Å². The highest BCUT2D eigenvalue weighted by molar-refractivity contribution is 8.08. The van der Waals surface area contributed by atoms with Crippen molar-refractivity contribution in [3.63, 3.8) is 0 Å². The summed E-state index contributed by atoms with van der Waals surface area (Å²) in [5.41, 5.74) is -0.792. The Morgan fingerprint density at radius 3 is 2.95 bits per heavy atom. The Hall–Kier alpha value is -2.22. The molecule has 0 saturated carbocycles. The maximum atomic E-state index is 12.0. The lowest BCUT2D eigenvalue weighted by atomic mass is 10.4. The number of rotatable bonds is 1. The Morgan fingerprint density at radius 1 is 1.37 bits per heavy atom. The number of hydrogen-bond donors (Lipinski definition) is 1. The highest BCUT2D eigenvalue weighted by Gasteiger charge is 2.13. The molecule has 2 aromatic rings. The molecule has 19 heavy (non-hydrogen) atoms. The standard InChI is InChI=1S/C11H9N5O2S/c1-16-10(17)7-9(13-11(16)18)15-14-8(12-7)6-4-2-3-5-19-6/h2-4H,5H2,1H3,(H,13,15,18). The van der Waals surface area contributed by atoms with Crippen molar-refractivity contribution in [2.75, 3.05) is 5.75 Å². The van der Waals surface area contributed by atoms with E-state index in [2.05, 4.69) is 20.2 Å². The maximum absolute atomic E-state index is 12.0. The molecule has 96 valence electrons. The number of allylic oxidation sites excluding steroid dienone is 2. The second-order valence-corrected chi connectivity index (χ2v) is 4.96. The van der Waals surface area contributed by atoms with E-state index < -0.39 is 11.2 Å². The third-order valence-electron chi connectivity index (χ3n) is 2.66. The fourth-order valence-electron chi connectivity index (χ4n) is 1.64. The van der Waals surface area contributed by atoms with Crippen molar-refractivity contribution < 1.29 is 0 Å². The molecule has 0 saturated heterocycles. The average Bonchev–Trinajstić information content (AvgIpc) is 2.46. The summed E-state index contributed by atoms with van der Waals surface area (Å²) in [4.78, 5) is 30.9.